The van der Waals surface area contributed by atoms with Gasteiger partial charge in [0.05, 0.1) is 12.6 Å². The SMILES string of the molecule is c1cc(CNC2CCCc3occc32)cc(Cn2ccnc2)c1. The van der Waals surface area contributed by atoms with Crippen molar-refractivity contribution in [3.63, 3.8) is 0 Å². The van der Waals surface area contributed by atoms with Crippen molar-refractivity contribution in [2.24, 2.45) is 0 Å². The van der Waals surface area contributed by atoms with E-state index in [-0.39, 0.29) is 0 Å². The number of benzene rings is 1. The van der Waals surface area contributed by atoms with Crippen LogP contribution in [0.15, 0.2) is 59.7 Å². The molecule has 1 aromatic carbocycles. The zero-order valence-electron chi connectivity index (χ0n) is 13.1. The monoisotopic (exact) mass is 307 g/mol. The summed E-state index contributed by atoms with van der Waals surface area (Å²) >= 11 is 0. The van der Waals surface area contributed by atoms with E-state index in [2.05, 4.69) is 45.2 Å². The van der Waals surface area contributed by atoms with Crippen molar-refractivity contribution in [1.82, 2.24) is 14.9 Å². The molecule has 0 radical (unpaired) electrons. The molecule has 3 aromatic rings. The van der Waals surface area contributed by atoms with Crippen LogP contribution < -0.4 is 5.32 Å². The number of nitrogens with zero attached hydrogens (tertiary/aromatic N) is 2. The Labute approximate surface area is 136 Å². The number of nitrogens with one attached hydrogen (secondary N) is 1. The third kappa shape index (κ3) is 3.22. The Morgan fingerprint density at radius 1 is 1.26 bits per heavy atom. The Balaban J connectivity index is 1.42. The lowest BCUT2D eigenvalue weighted by molar-refractivity contribution is 0.411. The van der Waals surface area contributed by atoms with Gasteiger partial charge in [0, 0.05) is 43.5 Å². The van der Waals surface area contributed by atoms with Crippen molar-refractivity contribution in [3.05, 3.63) is 77.8 Å². The van der Waals surface area contributed by atoms with Crippen molar-refractivity contribution >= 4 is 0 Å². The summed E-state index contributed by atoms with van der Waals surface area (Å²) in [5.74, 6) is 1.16. The average Bonchev–Trinajstić information content (AvgIpc) is 3.24. The number of aromatic nitrogens is 2. The molecule has 4 heteroatoms. The molecule has 2 heterocycles. The predicted molar refractivity (Wildman–Crippen MR) is 89.0 cm³/mol. The molecule has 1 aliphatic carbocycles. The molecule has 23 heavy (non-hydrogen) atoms. The molecule has 1 atom stereocenters. The Kier molecular flexibility index (Phi) is 3.99. The number of aryl methyl sites for hydroxylation is 1. The summed E-state index contributed by atoms with van der Waals surface area (Å²) in [4.78, 5) is 4.10. The minimum absolute atomic E-state index is 0.412. The molecule has 0 amide bonds. The van der Waals surface area contributed by atoms with Gasteiger partial charge in [-0.25, -0.2) is 4.98 Å². The second-order valence-corrected chi connectivity index (χ2v) is 6.18. The smallest absolute Gasteiger partial charge is 0.108 e. The molecule has 2 aromatic heterocycles. The molecule has 0 saturated heterocycles. The molecule has 4 rings (SSSR count). The summed E-state index contributed by atoms with van der Waals surface area (Å²) in [5.41, 5.74) is 3.96. The van der Waals surface area contributed by atoms with Crippen LogP contribution in [-0.2, 0) is 19.5 Å². The fourth-order valence-electron chi connectivity index (χ4n) is 3.37. The second-order valence-electron chi connectivity index (χ2n) is 6.18. The average molecular weight is 307 g/mol. The number of rotatable bonds is 5. The van der Waals surface area contributed by atoms with Crippen LogP contribution in [0.3, 0.4) is 0 Å². The third-order valence-corrected chi connectivity index (χ3v) is 4.52. The number of furan rings is 1. The van der Waals surface area contributed by atoms with E-state index in [4.69, 9.17) is 4.42 Å². The summed E-state index contributed by atoms with van der Waals surface area (Å²) in [5, 5.41) is 3.69. The van der Waals surface area contributed by atoms with Gasteiger partial charge >= 0.3 is 0 Å². The second kappa shape index (κ2) is 6.42. The molecule has 0 fully saturated rings. The molecule has 0 bridgehead atoms. The third-order valence-electron chi connectivity index (χ3n) is 4.52. The maximum Gasteiger partial charge on any atom is 0.108 e. The van der Waals surface area contributed by atoms with Crippen molar-refractivity contribution < 1.29 is 4.42 Å². The lowest BCUT2D eigenvalue weighted by atomic mass is 9.93. The predicted octanol–water partition coefficient (Wildman–Crippen LogP) is 3.69. The van der Waals surface area contributed by atoms with E-state index in [1.54, 1.807) is 0 Å². The fourth-order valence-corrected chi connectivity index (χ4v) is 3.37. The topological polar surface area (TPSA) is 43.0 Å². The maximum absolute atomic E-state index is 5.57. The minimum Gasteiger partial charge on any atom is -0.469 e. The van der Waals surface area contributed by atoms with Crippen LogP contribution in [0.2, 0.25) is 0 Å². The van der Waals surface area contributed by atoms with E-state index < -0.39 is 0 Å². The molecule has 1 aliphatic rings. The lowest BCUT2D eigenvalue weighted by Gasteiger charge is -2.23. The van der Waals surface area contributed by atoms with Crippen LogP contribution in [0.4, 0.5) is 0 Å². The number of hydrogen-bond acceptors (Lipinski definition) is 3. The van der Waals surface area contributed by atoms with Crippen LogP contribution >= 0.6 is 0 Å². The summed E-state index contributed by atoms with van der Waals surface area (Å²) in [7, 11) is 0. The highest BCUT2D eigenvalue weighted by atomic mass is 16.3. The highest BCUT2D eigenvalue weighted by molar-refractivity contribution is 5.26. The van der Waals surface area contributed by atoms with E-state index in [1.165, 1.54) is 29.5 Å². The van der Waals surface area contributed by atoms with Crippen molar-refractivity contribution in [2.45, 2.75) is 38.4 Å². The molecule has 4 nitrogen and oxygen atoms in total. The first kappa shape index (κ1) is 14.3. The van der Waals surface area contributed by atoms with Gasteiger partial charge < -0.3 is 14.3 Å². The van der Waals surface area contributed by atoms with Crippen LogP contribution in [-0.4, -0.2) is 9.55 Å². The van der Waals surface area contributed by atoms with Gasteiger partial charge in [-0.3, -0.25) is 0 Å². The highest BCUT2D eigenvalue weighted by Gasteiger charge is 2.21. The van der Waals surface area contributed by atoms with Gasteiger partial charge in [0.25, 0.3) is 0 Å². The molecule has 0 aliphatic heterocycles. The Morgan fingerprint density at radius 2 is 2.22 bits per heavy atom. The van der Waals surface area contributed by atoms with E-state index in [9.17, 15) is 0 Å². The largest absolute Gasteiger partial charge is 0.469 e. The van der Waals surface area contributed by atoms with Crippen LogP contribution in [0.1, 0.15) is 41.3 Å². The van der Waals surface area contributed by atoms with Gasteiger partial charge in [-0.05, 0) is 30.0 Å². The quantitative estimate of drug-likeness (QED) is 0.781. The molecule has 1 N–H and O–H groups in total. The molecule has 118 valence electrons. The maximum atomic E-state index is 5.57. The summed E-state index contributed by atoms with van der Waals surface area (Å²) in [6.45, 7) is 1.75. The van der Waals surface area contributed by atoms with Gasteiger partial charge in [0.1, 0.15) is 5.76 Å². The van der Waals surface area contributed by atoms with Gasteiger partial charge in [-0.15, -0.1) is 0 Å². The highest BCUT2D eigenvalue weighted by Crippen LogP contribution is 2.30. The first-order valence-electron chi connectivity index (χ1n) is 8.22. The number of imidazole rings is 1. The van der Waals surface area contributed by atoms with Gasteiger partial charge in [-0.1, -0.05) is 24.3 Å². The molecule has 0 spiro atoms. The van der Waals surface area contributed by atoms with Crippen LogP contribution in [0.25, 0.3) is 0 Å². The van der Waals surface area contributed by atoms with Gasteiger partial charge in [0.2, 0.25) is 0 Å². The first-order chi connectivity index (χ1) is 11.4. The molecule has 1 unspecified atom stereocenters. The normalized spacial score (nSPS) is 17.1. The van der Waals surface area contributed by atoms with Crippen molar-refractivity contribution in [3.8, 4) is 0 Å². The minimum atomic E-state index is 0.412. The Morgan fingerprint density at radius 3 is 3.13 bits per heavy atom. The Bertz CT molecular complexity index is 761. The molecular weight excluding hydrogens is 286 g/mol. The van der Waals surface area contributed by atoms with Gasteiger partial charge in [0.15, 0.2) is 0 Å². The zero-order chi connectivity index (χ0) is 15.5. The number of hydrogen-bond donors (Lipinski definition) is 1. The van der Waals surface area contributed by atoms with E-state index in [0.717, 1.165) is 25.3 Å². The van der Waals surface area contributed by atoms with Crippen LogP contribution in [0, 0.1) is 0 Å². The summed E-state index contributed by atoms with van der Waals surface area (Å²) < 4.78 is 7.66. The molecule has 0 saturated carbocycles. The first-order valence-corrected chi connectivity index (χ1v) is 8.22. The fraction of sp³-hybridized carbons (Fsp3) is 0.316. The summed E-state index contributed by atoms with van der Waals surface area (Å²) in [6.07, 6.45) is 10.9. The van der Waals surface area contributed by atoms with Crippen molar-refractivity contribution in [1.29, 1.82) is 0 Å². The summed E-state index contributed by atoms with van der Waals surface area (Å²) in [6, 6.07) is 11.3. The Hall–Kier alpha value is -2.33. The van der Waals surface area contributed by atoms with Gasteiger partial charge in [-0.2, -0.15) is 0 Å². The zero-order valence-corrected chi connectivity index (χ0v) is 13.1. The standard InChI is InChI=1S/C19H21N3O/c1-3-15(11-16(4-1)13-22-9-8-20-14-22)12-21-18-5-2-6-19-17(18)7-10-23-19/h1,3-4,7-11,14,18,21H,2,5-6,12-13H2. The lowest BCUT2D eigenvalue weighted by Crippen LogP contribution is -2.24. The molecular formula is C19H21N3O. The van der Waals surface area contributed by atoms with E-state index in [0.29, 0.717) is 6.04 Å². The van der Waals surface area contributed by atoms with E-state index in [1.807, 2.05) is 25.0 Å². The van der Waals surface area contributed by atoms with Crippen LogP contribution in [0.5, 0.6) is 0 Å². The number of fused-ring (bicyclic) bond motifs is 1. The van der Waals surface area contributed by atoms with Crippen molar-refractivity contribution in [2.75, 3.05) is 0 Å². The van der Waals surface area contributed by atoms with E-state index >= 15 is 0 Å².